The summed E-state index contributed by atoms with van der Waals surface area (Å²) in [6, 6.07) is 6.29. The van der Waals surface area contributed by atoms with Gasteiger partial charge < -0.3 is 0 Å². The summed E-state index contributed by atoms with van der Waals surface area (Å²) in [7, 11) is -3.87. The molecule has 0 amide bonds. The Morgan fingerprint density at radius 1 is 1.47 bits per heavy atom. The van der Waals surface area contributed by atoms with Crippen LogP contribution in [0.3, 0.4) is 0 Å². The molecule has 0 radical (unpaired) electrons. The fourth-order valence-electron chi connectivity index (χ4n) is 1.03. The van der Waals surface area contributed by atoms with E-state index in [2.05, 4.69) is 5.14 Å². The highest BCUT2D eigenvalue weighted by molar-refractivity contribution is 7.87. The second kappa shape index (κ2) is 4.89. The van der Waals surface area contributed by atoms with E-state index in [4.69, 9.17) is 11.6 Å². The summed E-state index contributed by atoms with van der Waals surface area (Å²) in [6.07, 6.45) is -1.52. The summed E-state index contributed by atoms with van der Waals surface area (Å²) in [5.41, 5.74) is 0.232. The van der Waals surface area contributed by atoms with Crippen LogP contribution < -0.4 is 9.86 Å². The molecule has 1 atom stereocenters. The molecule has 3 N–H and O–H groups in total. The predicted octanol–water partition coefficient (Wildman–Crippen LogP) is 1.14. The molecule has 0 fully saturated rings. The quantitative estimate of drug-likeness (QED) is 0.844. The molecule has 1 aromatic rings. The monoisotopic (exact) mass is 252 g/mol. The molecule has 0 bridgehead atoms. The van der Waals surface area contributed by atoms with Gasteiger partial charge in [-0.25, -0.2) is 9.53 Å². The highest BCUT2D eigenvalue weighted by Gasteiger charge is 2.14. The van der Waals surface area contributed by atoms with E-state index in [1.807, 2.05) is 4.72 Å². The van der Waals surface area contributed by atoms with Crippen molar-refractivity contribution in [2.45, 2.75) is 6.17 Å². The smallest absolute Gasteiger partial charge is 0.241 e. The van der Waals surface area contributed by atoms with Gasteiger partial charge in [0, 0.05) is 17.1 Å². The first-order valence-corrected chi connectivity index (χ1v) is 5.98. The number of rotatable bonds is 4. The van der Waals surface area contributed by atoms with E-state index < -0.39 is 22.9 Å². The highest BCUT2D eigenvalue weighted by atomic mass is 35.5. The first-order valence-electron chi connectivity index (χ1n) is 4.06. The Morgan fingerprint density at radius 2 is 2.07 bits per heavy atom. The van der Waals surface area contributed by atoms with E-state index in [1.165, 1.54) is 12.1 Å². The third-order valence-electron chi connectivity index (χ3n) is 1.71. The Morgan fingerprint density at radius 3 is 2.60 bits per heavy atom. The van der Waals surface area contributed by atoms with Gasteiger partial charge in [0.2, 0.25) is 0 Å². The Hall–Kier alpha value is -0.690. The molecule has 1 unspecified atom stereocenters. The highest BCUT2D eigenvalue weighted by Crippen LogP contribution is 2.24. The van der Waals surface area contributed by atoms with Crippen molar-refractivity contribution in [1.82, 2.24) is 4.72 Å². The maximum absolute atomic E-state index is 13.5. The van der Waals surface area contributed by atoms with Crippen LogP contribution in [0.15, 0.2) is 24.3 Å². The van der Waals surface area contributed by atoms with Gasteiger partial charge in [-0.05, 0) is 6.07 Å². The predicted molar refractivity (Wildman–Crippen MR) is 56.4 cm³/mol. The second-order valence-electron chi connectivity index (χ2n) is 2.88. The van der Waals surface area contributed by atoms with Crippen molar-refractivity contribution in [2.75, 3.05) is 6.54 Å². The van der Waals surface area contributed by atoms with Crippen molar-refractivity contribution in [3.63, 3.8) is 0 Å². The largest absolute Gasteiger partial charge is 0.274 e. The topological polar surface area (TPSA) is 72.2 Å². The van der Waals surface area contributed by atoms with Crippen molar-refractivity contribution < 1.29 is 12.8 Å². The van der Waals surface area contributed by atoms with E-state index in [-0.39, 0.29) is 10.6 Å². The van der Waals surface area contributed by atoms with Gasteiger partial charge >= 0.3 is 0 Å². The molecule has 0 aliphatic rings. The molecule has 84 valence electrons. The van der Waals surface area contributed by atoms with Gasteiger partial charge in [-0.1, -0.05) is 29.8 Å². The summed E-state index contributed by atoms with van der Waals surface area (Å²) in [4.78, 5) is 0. The Labute approximate surface area is 92.4 Å². The van der Waals surface area contributed by atoms with Crippen molar-refractivity contribution in [1.29, 1.82) is 0 Å². The minimum Gasteiger partial charge on any atom is -0.241 e. The standard InChI is InChI=1S/C8H10ClFN2O2S/c9-7-4-2-1-3-6(7)8(10)5-12-15(11,13)14/h1-4,8,12H,5H2,(H2,11,13,14). The summed E-state index contributed by atoms with van der Waals surface area (Å²) in [5.74, 6) is 0. The molecule has 0 heterocycles. The van der Waals surface area contributed by atoms with Gasteiger partial charge in [-0.2, -0.15) is 13.1 Å². The van der Waals surface area contributed by atoms with Crippen molar-refractivity contribution in [2.24, 2.45) is 5.14 Å². The molecule has 1 rings (SSSR count). The van der Waals surface area contributed by atoms with Gasteiger partial charge in [-0.3, -0.25) is 0 Å². The summed E-state index contributed by atoms with van der Waals surface area (Å²) < 4.78 is 36.4. The molecule has 4 nitrogen and oxygen atoms in total. The van der Waals surface area contributed by atoms with E-state index in [1.54, 1.807) is 12.1 Å². The fourth-order valence-corrected chi connectivity index (χ4v) is 1.66. The van der Waals surface area contributed by atoms with Gasteiger partial charge in [0.25, 0.3) is 10.2 Å². The zero-order chi connectivity index (χ0) is 11.5. The molecule has 0 aromatic heterocycles. The minimum absolute atomic E-state index is 0.232. The lowest BCUT2D eigenvalue weighted by molar-refractivity contribution is 0.343. The van der Waals surface area contributed by atoms with Crippen LogP contribution in [0.1, 0.15) is 11.7 Å². The van der Waals surface area contributed by atoms with Crippen LogP contribution >= 0.6 is 11.6 Å². The summed E-state index contributed by atoms with van der Waals surface area (Å²) in [6.45, 7) is -0.428. The zero-order valence-electron chi connectivity index (χ0n) is 7.65. The lowest BCUT2D eigenvalue weighted by atomic mass is 10.1. The van der Waals surface area contributed by atoms with E-state index in [9.17, 15) is 12.8 Å². The molecule has 0 aliphatic carbocycles. The third-order valence-corrected chi connectivity index (χ3v) is 2.62. The van der Waals surface area contributed by atoms with E-state index in [0.29, 0.717) is 0 Å². The maximum atomic E-state index is 13.5. The number of halogens is 2. The van der Waals surface area contributed by atoms with Gasteiger partial charge in [0.05, 0.1) is 0 Å². The normalized spacial score (nSPS) is 13.8. The average molecular weight is 253 g/mol. The molecule has 0 aliphatic heterocycles. The molecule has 0 saturated heterocycles. The molecule has 7 heteroatoms. The first kappa shape index (κ1) is 12.4. The van der Waals surface area contributed by atoms with Gasteiger partial charge in [0.15, 0.2) is 0 Å². The van der Waals surface area contributed by atoms with Gasteiger partial charge in [-0.15, -0.1) is 0 Å². The van der Waals surface area contributed by atoms with Crippen LogP contribution in [0.5, 0.6) is 0 Å². The zero-order valence-corrected chi connectivity index (χ0v) is 9.22. The van der Waals surface area contributed by atoms with Crippen LogP contribution in [0.25, 0.3) is 0 Å². The number of hydrogen-bond donors (Lipinski definition) is 2. The van der Waals surface area contributed by atoms with Crippen LogP contribution in [0.2, 0.25) is 5.02 Å². The SMILES string of the molecule is NS(=O)(=O)NCC(F)c1ccccc1Cl. The van der Waals surface area contributed by atoms with Crippen LogP contribution in [-0.2, 0) is 10.2 Å². The second-order valence-corrected chi connectivity index (χ2v) is 4.67. The van der Waals surface area contributed by atoms with E-state index in [0.717, 1.165) is 0 Å². The summed E-state index contributed by atoms with van der Waals surface area (Å²) in [5, 5.41) is 4.91. The molecular weight excluding hydrogens is 243 g/mol. The number of nitrogens with two attached hydrogens (primary N) is 1. The Bertz CT molecular complexity index is 438. The van der Waals surface area contributed by atoms with Crippen LogP contribution in [0.4, 0.5) is 4.39 Å². The number of hydrogen-bond acceptors (Lipinski definition) is 2. The lowest BCUT2D eigenvalue weighted by Gasteiger charge is -2.09. The van der Waals surface area contributed by atoms with E-state index >= 15 is 0 Å². The molecule has 1 aromatic carbocycles. The molecular formula is C8H10ClFN2O2S. The number of nitrogens with one attached hydrogen (secondary N) is 1. The lowest BCUT2D eigenvalue weighted by Crippen LogP contribution is -2.33. The van der Waals surface area contributed by atoms with Crippen LogP contribution in [-0.4, -0.2) is 15.0 Å². The molecule has 0 saturated carbocycles. The Kier molecular flexibility index (Phi) is 4.04. The number of benzene rings is 1. The average Bonchev–Trinajstić information content (AvgIpc) is 2.14. The first-order chi connectivity index (χ1) is 6.90. The third kappa shape index (κ3) is 4.13. The van der Waals surface area contributed by atoms with Gasteiger partial charge in [0.1, 0.15) is 6.17 Å². The number of alkyl halides is 1. The molecule has 15 heavy (non-hydrogen) atoms. The minimum atomic E-state index is -3.87. The van der Waals surface area contributed by atoms with Crippen molar-refractivity contribution in [3.8, 4) is 0 Å². The van der Waals surface area contributed by atoms with Crippen molar-refractivity contribution in [3.05, 3.63) is 34.9 Å². The van der Waals surface area contributed by atoms with Crippen LogP contribution in [0, 0.1) is 0 Å². The molecule has 0 spiro atoms. The van der Waals surface area contributed by atoms with Crippen molar-refractivity contribution >= 4 is 21.8 Å². The summed E-state index contributed by atoms with van der Waals surface area (Å²) >= 11 is 5.72. The Balaban J connectivity index is 2.70. The fraction of sp³-hybridized carbons (Fsp3) is 0.250. The maximum Gasteiger partial charge on any atom is 0.274 e.